The summed E-state index contributed by atoms with van der Waals surface area (Å²) in [5.41, 5.74) is 5.11. The predicted molar refractivity (Wildman–Crippen MR) is 94.1 cm³/mol. The molecule has 1 aromatic carbocycles. The number of rotatable bonds is 3. The molecule has 0 aliphatic carbocycles. The third kappa shape index (κ3) is 1.99. The Morgan fingerprint density at radius 2 is 2.04 bits per heavy atom. The molecule has 0 atom stereocenters. The van der Waals surface area contributed by atoms with Crippen molar-refractivity contribution >= 4 is 22.6 Å². The first-order valence-corrected chi connectivity index (χ1v) is 8.30. The van der Waals surface area contributed by atoms with E-state index >= 15 is 0 Å². The standard InChI is InChI=1S/C18H21N5O/c1-5-6-23-15-9-13-12(8-11(15)18(3,4)17(23)24)19-16(20-13)14-7-10(2)21-22-14/h7-9H,5-6H2,1-4H3,(H,19,20)(H,21,22). The molecular weight excluding hydrogens is 302 g/mol. The highest BCUT2D eigenvalue weighted by molar-refractivity contribution is 6.09. The summed E-state index contributed by atoms with van der Waals surface area (Å²) in [5.74, 6) is 0.902. The lowest BCUT2D eigenvalue weighted by Gasteiger charge is -2.19. The van der Waals surface area contributed by atoms with Gasteiger partial charge >= 0.3 is 0 Å². The number of carbonyl (C=O) groups is 1. The Morgan fingerprint density at radius 3 is 2.71 bits per heavy atom. The second-order valence-electron chi connectivity index (χ2n) is 6.99. The molecule has 0 saturated heterocycles. The fourth-order valence-corrected chi connectivity index (χ4v) is 3.44. The van der Waals surface area contributed by atoms with E-state index in [2.05, 4.69) is 33.2 Å². The van der Waals surface area contributed by atoms with Crippen molar-refractivity contribution < 1.29 is 4.79 Å². The molecule has 3 heterocycles. The Hall–Kier alpha value is -2.63. The molecule has 6 heteroatoms. The molecule has 0 fully saturated rings. The van der Waals surface area contributed by atoms with Crippen molar-refractivity contribution in [3.05, 3.63) is 29.5 Å². The number of nitrogens with one attached hydrogen (secondary N) is 2. The molecule has 0 spiro atoms. The van der Waals surface area contributed by atoms with Gasteiger partial charge in [-0.2, -0.15) is 5.10 Å². The highest BCUT2D eigenvalue weighted by Crippen LogP contribution is 2.43. The number of hydrogen-bond acceptors (Lipinski definition) is 3. The molecule has 1 amide bonds. The highest BCUT2D eigenvalue weighted by atomic mass is 16.2. The van der Waals surface area contributed by atoms with Gasteiger partial charge in [0.15, 0.2) is 5.82 Å². The molecule has 0 bridgehead atoms. The number of aromatic amines is 2. The number of aromatic nitrogens is 4. The zero-order valence-electron chi connectivity index (χ0n) is 14.4. The van der Waals surface area contributed by atoms with Crippen molar-refractivity contribution in [2.24, 2.45) is 0 Å². The second-order valence-corrected chi connectivity index (χ2v) is 6.99. The molecule has 24 heavy (non-hydrogen) atoms. The molecule has 2 aromatic heterocycles. The third-order valence-corrected chi connectivity index (χ3v) is 4.74. The van der Waals surface area contributed by atoms with Gasteiger partial charge in [-0.15, -0.1) is 0 Å². The molecule has 6 nitrogen and oxygen atoms in total. The quantitative estimate of drug-likeness (QED) is 0.776. The summed E-state index contributed by atoms with van der Waals surface area (Å²) in [7, 11) is 0. The monoisotopic (exact) mass is 323 g/mol. The minimum Gasteiger partial charge on any atom is -0.337 e. The summed E-state index contributed by atoms with van der Waals surface area (Å²) in [6.07, 6.45) is 0.928. The average molecular weight is 323 g/mol. The Balaban J connectivity index is 1.88. The normalized spacial score (nSPS) is 16.2. The minimum absolute atomic E-state index is 0.162. The van der Waals surface area contributed by atoms with Crippen LogP contribution in [0.3, 0.4) is 0 Å². The van der Waals surface area contributed by atoms with Gasteiger partial charge < -0.3 is 9.88 Å². The summed E-state index contributed by atoms with van der Waals surface area (Å²) in [6.45, 7) is 8.76. The number of carbonyl (C=O) groups excluding carboxylic acids is 1. The summed E-state index contributed by atoms with van der Waals surface area (Å²) < 4.78 is 0. The number of fused-ring (bicyclic) bond motifs is 2. The van der Waals surface area contributed by atoms with Crippen LogP contribution in [0.2, 0.25) is 0 Å². The largest absolute Gasteiger partial charge is 0.337 e. The van der Waals surface area contributed by atoms with Gasteiger partial charge in [-0.05, 0) is 51.0 Å². The van der Waals surface area contributed by atoms with Crippen LogP contribution in [-0.4, -0.2) is 32.6 Å². The van der Waals surface area contributed by atoms with Crippen molar-refractivity contribution in [3.8, 4) is 11.5 Å². The number of anilines is 1. The fraction of sp³-hybridized carbons (Fsp3) is 0.389. The van der Waals surface area contributed by atoms with Crippen LogP contribution in [0.4, 0.5) is 5.69 Å². The Bertz CT molecular complexity index is 950. The summed E-state index contributed by atoms with van der Waals surface area (Å²) in [5, 5.41) is 7.20. The molecule has 1 aliphatic rings. The molecule has 4 rings (SSSR count). The zero-order chi connectivity index (χ0) is 17.1. The van der Waals surface area contributed by atoms with E-state index in [0.29, 0.717) is 0 Å². The fourth-order valence-electron chi connectivity index (χ4n) is 3.44. The molecule has 2 N–H and O–H groups in total. The van der Waals surface area contributed by atoms with Crippen molar-refractivity contribution in [1.82, 2.24) is 20.2 Å². The van der Waals surface area contributed by atoms with Crippen LogP contribution in [0, 0.1) is 6.92 Å². The van der Waals surface area contributed by atoms with Gasteiger partial charge in [0.2, 0.25) is 5.91 Å². The van der Waals surface area contributed by atoms with E-state index in [0.717, 1.165) is 52.5 Å². The van der Waals surface area contributed by atoms with Crippen molar-refractivity contribution in [1.29, 1.82) is 0 Å². The van der Waals surface area contributed by atoms with Gasteiger partial charge in [0, 0.05) is 12.2 Å². The number of aryl methyl sites for hydroxylation is 1. The van der Waals surface area contributed by atoms with E-state index < -0.39 is 5.41 Å². The number of nitrogens with zero attached hydrogens (tertiary/aromatic N) is 3. The van der Waals surface area contributed by atoms with Gasteiger partial charge in [-0.25, -0.2) is 4.98 Å². The van der Waals surface area contributed by atoms with E-state index in [9.17, 15) is 4.79 Å². The minimum atomic E-state index is -0.507. The van der Waals surface area contributed by atoms with E-state index in [1.54, 1.807) is 0 Å². The molecule has 0 saturated carbocycles. The molecule has 1 aliphatic heterocycles. The van der Waals surface area contributed by atoms with Gasteiger partial charge in [-0.1, -0.05) is 6.92 Å². The van der Waals surface area contributed by atoms with Gasteiger partial charge in [-0.3, -0.25) is 9.89 Å². The van der Waals surface area contributed by atoms with E-state index in [1.807, 2.05) is 37.8 Å². The topological polar surface area (TPSA) is 77.7 Å². The number of benzene rings is 1. The van der Waals surface area contributed by atoms with E-state index in [1.165, 1.54) is 0 Å². The molecule has 0 radical (unpaired) electrons. The summed E-state index contributed by atoms with van der Waals surface area (Å²) in [4.78, 5) is 22.6. The second kappa shape index (κ2) is 4.93. The van der Waals surface area contributed by atoms with Crippen LogP contribution in [-0.2, 0) is 10.2 Å². The summed E-state index contributed by atoms with van der Waals surface area (Å²) in [6, 6.07) is 6.04. The number of H-pyrrole nitrogens is 2. The van der Waals surface area contributed by atoms with Gasteiger partial charge in [0.25, 0.3) is 0 Å². The Morgan fingerprint density at radius 1 is 1.25 bits per heavy atom. The smallest absolute Gasteiger partial charge is 0.237 e. The molecule has 0 unspecified atom stereocenters. The highest BCUT2D eigenvalue weighted by Gasteiger charge is 2.43. The third-order valence-electron chi connectivity index (χ3n) is 4.74. The first-order valence-electron chi connectivity index (χ1n) is 8.30. The first kappa shape index (κ1) is 14.9. The van der Waals surface area contributed by atoms with Crippen LogP contribution < -0.4 is 4.90 Å². The number of hydrogen-bond donors (Lipinski definition) is 2. The maximum atomic E-state index is 12.7. The maximum absolute atomic E-state index is 12.7. The molecule has 3 aromatic rings. The molecule has 124 valence electrons. The number of amides is 1. The Kier molecular flexibility index (Phi) is 3.07. The predicted octanol–water partition coefficient (Wildman–Crippen LogP) is 3.30. The first-order chi connectivity index (χ1) is 11.4. The Labute approximate surface area is 140 Å². The van der Waals surface area contributed by atoms with Crippen molar-refractivity contribution in [2.45, 2.75) is 39.5 Å². The zero-order valence-corrected chi connectivity index (χ0v) is 14.4. The van der Waals surface area contributed by atoms with Gasteiger partial charge in [0.05, 0.1) is 22.1 Å². The van der Waals surface area contributed by atoms with Crippen LogP contribution in [0.1, 0.15) is 38.4 Å². The van der Waals surface area contributed by atoms with Crippen molar-refractivity contribution in [2.75, 3.05) is 11.4 Å². The maximum Gasteiger partial charge on any atom is 0.237 e. The van der Waals surface area contributed by atoms with Crippen molar-refractivity contribution in [3.63, 3.8) is 0 Å². The lowest BCUT2D eigenvalue weighted by atomic mass is 9.86. The average Bonchev–Trinajstić information content (AvgIpc) is 3.19. The van der Waals surface area contributed by atoms with Crippen LogP contribution in [0.25, 0.3) is 22.6 Å². The number of imidazole rings is 1. The van der Waals surface area contributed by atoms with Crippen LogP contribution in [0.5, 0.6) is 0 Å². The summed E-state index contributed by atoms with van der Waals surface area (Å²) >= 11 is 0. The molecular formula is C18H21N5O. The van der Waals surface area contributed by atoms with Gasteiger partial charge in [0.1, 0.15) is 5.69 Å². The van der Waals surface area contributed by atoms with E-state index in [-0.39, 0.29) is 5.91 Å². The lowest BCUT2D eigenvalue weighted by molar-refractivity contribution is -0.122. The van der Waals surface area contributed by atoms with Crippen LogP contribution >= 0.6 is 0 Å². The van der Waals surface area contributed by atoms with E-state index in [4.69, 9.17) is 0 Å². The SMILES string of the molecule is CCCN1C(=O)C(C)(C)c2cc3[nH]c(-c4cc(C)[nH]n4)nc3cc21. The lowest BCUT2D eigenvalue weighted by Crippen LogP contribution is -2.36. The van der Waals surface area contributed by atoms with Crippen LogP contribution in [0.15, 0.2) is 18.2 Å².